The molecule has 1 aromatic carbocycles. The molecular formula is C12H17NO2. The van der Waals surface area contributed by atoms with E-state index in [1.165, 1.54) is 11.1 Å². The molecule has 1 heterocycles. The van der Waals surface area contributed by atoms with Crippen molar-refractivity contribution < 1.29 is 9.47 Å². The minimum Gasteiger partial charge on any atom is -0.486 e. The summed E-state index contributed by atoms with van der Waals surface area (Å²) < 4.78 is 11.1. The van der Waals surface area contributed by atoms with E-state index in [0.29, 0.717) is 13.2 Å². The summed E-state index contributed by atoms with van der Waals surface area (Å²) in [5.74, 6) is 1.79. The molecule has 1 aliphatic rings. The van der Waals surface area contributed by atoms with E-state index < -0.39 is 0 Å². The molecule has 0 radical (unpaired) electrons. The van der Waals surface area contributed by atoms with Gasteiger partial charge in [-0.05, 0) is 30.7 Å². The third-order valence-corrected chi connectivity index (χ3v) is 2.63. The van der Waals surface area contributed by atoms with Gasteiger partial charge in [-0.15, -0.1) is 0 Å². The highest BCUT2D eigenvalue weighted by atomic mass is 16.6. The summed E-state index contributed by atoms with van der Waals surface area (Å²) in [7, 11) is 0. The Morgan fingerprint density at radius 2 is 2.07 bits per heavy atom. The van der Waals surface area contributed by atoms with E-state index in [1.54, 1.807) is 0 Å². The second-order valence-corrected chi connectivity index (χ2v) is 3.65. The number of benzene rings is 1. The van der Waals surface area contributed by atoms with Gasteiger partial charge in [0, 0.05) is 6.54 Å². The van der Waals surface area contributed by atoms with Crippen LogP contribution in [0.1, 0.15) is 18.1 Å². The summed E-state index contributed by atoms with van der Waals surface area (Å²) in [5.41, 5.74) is 2.47. The molecular weight excluding hydrogens is 190 g/mol. The zero-order valence-electron chi connectivity index (χ0n) is 9.30. The lowest BCUT2D eigenvalue weighted by Crippen LogP contribution is -2.18. The van der Waals surface area contributed by atoms with Gasteiger partial charge in [-0.3, -0.25) is 0 Å². The highest BCUT2D eigenvalue weighted by Crippen LogP contribution is 2.35. The topological polar surface area (TPSA) is 30.5 Å². The Hall–Kier alpha value is -1.22. The Bertz CT molecular complexity index is 350. The lowest BCUT2D eigenvalue weighted by atomic mass is 10.1. The van der Waals surface area contributed by atoms with Gasteiger partial charge in [0.1, 0.15) is 13.2 Å². The molecule has 82 valence electrons. The molecule has 1 aromatic rings. The summed E-state index contributed by atoms with van der Waals surface area (Å²) >= 11 is 0. The fraction of sp³-hybridized carbons (Fsp3) is 0.500. The van der Waals surface area contributed by atoms with Crippen molar-refractivity contribution in [1.29, 1.82) is 0 Å². The van der Waals surface area contributed by atoms with Crippen LogP contribution in [0, 0.1) is 6.92 Å². The summed E-state index contributed by atoms with van der Waals surface area (Å²) in [6, 6.07) is 4.10. The van der Waals surface area contributed by atoms with Crippen molar-refractivity contribution >= 4 is 0 Å². The van der Waals surface area contributed by atoms with Gasteiger partial charge in [-0.1, -0.05) is 13.0 Å². The summed E-state index contributed by atoms with van der Waals surface area (Å²) in [5, 5.41) is 3.32. The molecule has 0 atom stereocenters. The molecule has 0 fully saturated rings. The maximum atomic E-state index is 5.62. The Kier molecular flexibility index (Phi) is 3.11. The number of rotatable bonds is 3. The molecule has 0 saturated carbocycles. The van der Waals surface area contributed by atoms with E-state index in [-0.39, 0.29) is 0 Å². The molecule has 1 N–H and O–H groups in total. The Morgan fingerprint density at radius 1 is 1.27 bits per heavy atom. The average Bonchev–Trinajstić information content (AvgIpc) is 2.29. The molecule has 0 aliphatic carbocycles. The van der Waals surface area contributed by atoms with Crippen molar-refractivity contribution in [2.75, 3.05) is 19.8 Å². The highest BCUT2D eigenvalue weighted by molar-refractivity contribution is 5.50. The van der Waals surface area contributed by atoms with E-state index >= 15 is 0 Å². The first-order chi connectivity index (χ1) is 7.33. The Morgan fingerprint density at radius 3 is 2.87 bits per heavy atom. The first-order valence-electron chi connectivity index (χ1n) is 5.41. The molecule has 0 aromatic heterocycles. The summed E-state index contributed by atoms with van der Waals surface area (Å²) in [6.07, 6.45) is 0. The number of ether oxygens (including phenoxy) is 2. The van der Waals surface area contributed by atoms with Gasteiger partial charge in [0.05, 0.1) is 0 Å². The number of fused-ring (bicyclic) bond motifs is 1. The first-order valence-corrected chi connectivity index (χ1v) is 5.41. The predicted molar refractivity (Wildman–Crippen MR) is 59.5 cm³/mol. The van der Waals surface area contributed by atoms with Gasteiger partial charge in [0.15, 0.2) is 11.5 Å². The number of nitrogens with one attached hydrogen (secondary N) is 1. The van der Waals surface area contributed by atoms with Gasteiger partial charge >= 0.3 is 0 Å². The van der Waals surface area contributed by atoms with Crippen LogP contribution in [0.4, 0.5) is 0 Å². The van der Waals surface area contributed by atoms with Gasteiger partial charge < -0.3 is 14.8 Å². The fourth-order valence-corrected chi connectivity index (χ4v) is 1.75. The molecule has 2 rings (SSSR count). The van der Waals surface area contributed by atoms with E-state index in [2.05, 4.69) is 25.2 Å². The van der Waals surface area contributed by atoms with Gasteiger partial charge in [0.2, 0.25) is 0 Å². The van der Waals surface area contributed by atoms with Gasteiger partial charge in [-0.2, -0.15) is 0 Å². The minimum atomic E-state index is 0.651. The van der Waals surface area contributed by atoms with Gasteiger partial charge in [0.25, 0.3) is 0 Å². The SMILES string of the molecule is CCNCc1ccc2c(c1C)OCCO2. The van der Waals surface area contributed by atoms with Crippen molar-refractivity contribution in [2.24, 2.45) is 0 Å². The molecule has 0 bridgehead atoms. The zero-order chi connectivity index (χ0) is 10.7. The van der Waals surface area contributed by atoms with Crippen LogP contribution in [0.15, 0.2) is 12.1 Å². The molecule has 0 unspecified atom stereocenters. The average molecular weight is 207 g/mol. The molecule has 0 amide bonds. The van der Waals surface area contributed by atoms with Crippen LogP contribution < -0.4 is 14.8 Å². The van der Waals surface area contributed by atoms with E-state index in [9.17, 15) is 0 Å². The zero-order valence-corrected chi connectivity index (χ0v) is 9.30. The number of hydrogen-bond acceptors (Lipinski definition) is 3. The van der Waals surface area contributed by atoms with Crippen molar-refractivity contribution in [3.63, 3.8) is 0 Å². The lowest BCUT2D eigenvalue weighted by molar-refractivity contribution is 0.170. The van der Waals surface area contributed by atoms with Crippen LogP contribution in [0.5, 0.6) is 11.5 Å². The Balaban J connectivity index is 2.26. The Labute approximate surface area is 90.4 Å². The summed E-state index contributed by atoms with van der Waals surface area (Å²) in [4.78, 5) is 0. The number of hydrogen-bond donors (Lipinski definition) is 1. The molecule has 3 nitrogen and oxygen atoms in total. The van der Waals surface area contributed by atoms with Crippen molar-refractivity contribution in [3.05, 3.63) is 23.3 Å². The molecule has 1 aliphatic heterocycles. The minimum absolute atomic E-state index is 0.651. The molecule has 0 saturated heterocycles. The second kappa shape index (κ2) is 4.53. The van der Waals surface area contributed by atoms with Crippen LogP contribution in [0.3, 0.4) is 0 Å². The monoisotopic (exact) mass is 207 g/mol. The van der Waals surface area contributed by atoms with Crippen LogP contribution >= 0.6 is 0 Å². The van der Waals surface area contributed by atoms with Crippen LogP contribution in [-0.4, -0.2) is 19.8 Å². The maximum Gasteiger partial charge on any atom is 0.164 e. The second-order valence-electron chi connectivity index (χ2n) is 3.65. The van der Waals surface area contributed by atoms with Crippen molar-refractivity contribution in [1.82, 2.24) is 5.32 Å². The van der Waals surface area contributed by atoms with Crippen LogP contribution in [-0.2, 0) is 6.54 Å². The van der Waals surface area contributed by atoms with E-state index in [4.69, 9.17) is 9.47 Å². The predicted octanol–water partition coefficient (Wildman–Crippen LogP) is 1.88. The molecule has 15 heavy (non-hydrogen) atoms. The smallest absolute Gasteiger partial charge is 0.164 e. The van der Waals surface area contributed by atoms with Crippen molar-refractivity contribution in [2.45, 2.75) is 20.4 Å². The molecule has 0 spiro atoms. The standard InChI is InChI=1S/C12H17NO2/c1-3-13-8-10-4-5-11-12(9(10)2)15-7-6-14-11/h4-5,13H,3,6-8H2,1-2H3. The third-order valence-electron chi connectivity index (χ3n) is 2.63. The third kappa shape index (κ3) is 2.07. The quantitative estimate of drug-likeness (QED) is 0.820. The van der Waals surface area contributed by atoms with Crippen molar-refractivity contribution in [3.8, 4) is 11.5 Å². The van der Waals surface area contributed by atoms with Crippen LogP contribution in [0.2, 0.25) is 0 Å². The van der Waals surface area contributed by atoms with E-state index in [1.807, 2.05) is 6.07 Å². The largest absolute Gasteiger partial charge is 0.486 e. The van der Waals surface area contributed by atoms with Gasteiger partial charge in [-0.25, -0.2) is 0 Å². The molecule has 3 heteroatoms. The fourth-order valence-electron chi connectivity index (χ4n) is 1.75. The maximum absolute atomic E-state index is 5.62. The first kappa shape index (κ1) is 10.3. The van der Waals surface area contributed by atoms with E-state index in [0.717, 1.165) is 24.6 Å². The lowest BCUT2D eigenvalue weighted by Gasteiger charge is -2.21. The highest BCUT2D eigenvalue weighted by Gasteiger charge is 2.15. The normalized spacial score (nSPS) is 14.0. The van der Waals surface area contributed by atoms with Crippen LogP contribution in [0.25, 0.3) is 0 Å². The summed E-state index contributed by atoms with van der Waals surface area (Å²) in [6.45, 7) is 7.36.